The number of carbonyl (C=O) groups excluding carboxylic acids is 1. The fraction of sp³-hybridized carbons (Fsp3) is 0.353. The van der Waals surface area contributed by atoms with Gasteiger partial charge in [0.25, 0.3) is 0 Å². The number of allylic oxidation sites excluding steroid dienone is 3. The number of rotatable bonds is 1. The largest absolute Gasteiger partial charge is 0.294 e. The predicted molar refractivity (Wildman–Crippen MR) is 74.2 cm³/mol. The first-order valence-corrected chi connectivity index (χ1v) is 6.55. The normalized spacial score (nSPS) is 26.0. The predicted octanol–water partition coefficient (Wildman–Crippen LogP) is 3.94. The molecule has 0 radical (unpaired) electrons. The molecule has 1 atom stereocenters. The fourth-order valence-electron chi connectivity index (χ4n) is 3.17. The van der Waals surface area contributed by atoms with Crippen molar-refractivity contribution in [1.29, 1.82) is 0 Å². The summed E-state index contributed by atoms with van der Waals surface area (Å²) in [6.07, 6.45) is 2.72. The monoisotopic (exact) mass is 238 g/mol. The lowest BCUT2D eigenvalue weighted by Crippen LogP contribution is -2.25. The summed E-state index contributed by atoms with van der Waals surface area (Å²) in [5.41, 5.74) is 5.61. The van der Waals surface area contributed by atoms with E-state index >= 15 is 0 Å². The van der Waals surface area contributed by atoms with Crippen molar-refractivity contribution in [3.8, 4) is 0 Å². The van der Waals surface area contributed by atoms with Crippen molar-refractivity contribution < 1.29 is 4.79 Å². The highest BCUT2D eigenvalue weighted by Crippen LogP contribution is 2.50. The first-order chi connectivity index (χ1) is 8.54. The van der Waals surface area contributed by atoms with Gasteiger partial charge in [-0.05, 0) is 49.8 Å². The van der Waals surface area contributed by atoms with Gasteiger partial charge in [-0.2, -0.15) is 0 Å². The smallest absolute Gasteiger partial charge is 0.169 e. The molecule has 1 nitrogen and oxygen atoms in total. The molecule has 0 amide bonds. The molecule has 18 heavy (non-hydrogen) atoms. The number of hydrogen-bond donors (Lipinski definition) is 0. The summed E-state index contributed by atoms with van der Waals surface area (Å²) in [5.74, 6) is 0.305. The molecule has 1 aromatic rings. The Hall–Kier alpha value is -1.63. The van der Waals surface area contributed by atoms with E-state index in [2.05, 4.69) is 30.8 Å². The Balaban J connectivity index is 2.13. The van der Waals surface area contributed by atoms with Gasteiger partial charge in [0.1, 0.15) is 0 Å². The van der Waals surface area contributed by atoms with E-state index in [9.17, 15) is 4.79 Å². The maximum Gasteiger partial charge on any atom is 0.169 e. The SMILES string of the molecule is C=C(C)[C@]1(C)CC2=C(CCc3ccccc32)C1=O. The Morgan fingerprint density at radius 3 is 2.67 bits per heavy atom. The molecule has 3 rings (SSSR count). The molecule has 0 unspecified atom stereocenters. The molecular weight excluding hydrogens is 220 g/mol. The first kappa shape index (κ1) is 11.5. The van der Waals surface area contributed by atoms with Crippen LogP contribution in [0.15, 0.2) is 42.0 Å². The summed E-state index contributed by atoms with van der Waals surface area (Å²) in [5, 5.41) is 0. The van der Waals surface area contributed by atoms with Crippen molar-refractivity contribution in [2.75, 3.05) is 0 Å². The number of hydrogen-bond acceptors (Lipinski definition) is 1. The Kier molecular flexibility index (Phi) is 2.34. The molecule has 2 aliphatic rings. The van der Waals surface area contributed by atoms with Crippen molar-refractivity contribution in [1.82, 2.24) is 0 Å². The summed E-state index contributed by atoms with van der Waals surface area (Å²) in [6, 6.07) is 8.48. The van der Waals surface area contributed by atoms with Crippen molar-refractivity contribution in [2.24, 2.45) is 5.41 Å². The van der Waals surface area contributed by atoms with Crippen molar-refractivity contribution >= 4 is 11.4 Å². The topological polar surface area (TPSA) is 17.1 Å². The first-order valence-electron chi connectivity index (χ1n) is 6.55. The number of fused-ring (bicyclic) bond motifs is 2. The van der Waals surface area contributed by atoms with Crippen LogP contribution in [0, 0.1) is 5.41 Å². The molecule has 92 valence electrons. The molecule has 1 aromatic carbocycles. The van der Waals surface area contributed by atoms with Gasteiger partial charge in [-0.1, -0.05) is 36.4 Å². The van der Waals surface area contributed by atoms with Gasteiger partial charge in [0.15, 0.2) is 5.78 Å². The van der Waals surface area contributed by atoms with Crippen LogP contribution in [0.1, 0.15) is 37.8 Å². The van der Waals surface area contributed by atoms with Crippen molar-refractivity contribution in [2.45, 2.75) is 33.1 Å². The van der Waals surface area contributed by atoms with Gasteiger partial charge in [-0.25, -0.2) is 0 Å². The molecule has 0 bridgehead atoms. The lowest BCUT2D eigenvalue weighted by atomic mass is 9.79. The van der Waals surface area contributed by atoms with Crippen LogP contribution in [-0.4, -0.2) is 5.78 Å². The van der Waals surface area contributed by atoms with Gasteiger partial charge in [-0.3, -0.25) is 4.79 Å². The summed E-state index contributed by atoms with van der Waals surface area (Å²) in [6.45, 7) is 8.04. The average molecular weight is 238 g/mol. The Labute approximate surface area is 108 Å². The number of aryl methyl sites for hydroxylation is 1. The zero-order chi connectivity index (χ0) is 12.9. The van der Waals surface area contributed by atoms with Gasteiger partial charge in [0.05, 0.1) is 5.41 Å². The molecule has 0 heterocycles. The van der Waals surface area contributed by atoms with Crippen LogP contribution in [0.2, 0.25) is 0 Å². The van der Waals surface area contributed by atoms with E-state index in [0.29, 0.717) is 5.78 Å². The van der Waals surface area contributed by atoms with Crippen molar-refractivity contribution in [3.05, 3.63) is 53.1 Å². The van der Waals surface area contributed by atoms with Gasteiger partial charge in [0, 0.05) is 5.57 Å². The van der Waals surface area contributed by atoms with E-state index in [-0.39, 0.29) is 5.41 Å². The van der Waals surface area contributed by atoms with E-state index < -0.39 is 0 Å². The fourth-order valence-corrected chi connectivity index (χ4v) is 3.17. The Morgan fingerprint density at radius 1 is 1.22 bits per heavy atom. The van der Waals surface area contributed by atoms with E-state index in [1.807, 2.05) is 13.8 Å². The maximum absolute atomic E-state index is 12.6. The molecule has 0 spiro atoms. The average Bonchev–Trinajstić information content (AvgIpc) is 2.64. The molecular formula is C17H18O. The third kappa shape index (κ3) is 1.37. The summed E-state index contributed by atoms with van der Waals surface area (Å²) in [4.78, 5) is 12.6. The highest BCUT2D eigenvalue weighted by atomic mass is 16.1. The summed E-state index contributed by atoms with van der Waals surface area (Å²) in [7, 11) is 0. The van der Waals surface area contributed by atoms with E-state index in [1.54, 1.807) is 0 Å². The minimum Gasteiger partial charge on any atom is -0.294 e. The molecule has 0 aromatic heterocycles. The summed E-state index contributed by atoms with van der Waals surface area (Å²) < 4.78 is 0. The van der Waals surface area contributed by atoms with E-state index in [0.717, 1.165) is 30.4 Å². The second-order valence-electron chi connectivity index (χ2n) is 5.73. The number of ketones is 1. The van der Waals surface area contributed by atoms with Crippen molar-refractivity contribution in [3.63, 3.8) is 0 Å². The highest BCUT2D eigenvalue weighted by molar-refractivity contribution is 6.13. The summed E-state index contributed by atoms with van der Waals surface area (Å²) >= 11 is 0. The number of Topliss-reactive ketones (excluding diaryl/α,β-unsaturated/α-hetero) is 1. The molecule has 0 N–H and O–H groups in total. The number of carbonyl (C=O) groups is 1. The Morgan fingerprint density at radius 2 is 1.94 bits per heavy atom. The van der Waals surface area contributed by atoms with Gasteiger partial charge >= 0.3 is 0 Å². The van der Waals surface area contributed by atoms with Crippen LogP contribution in [-0.2, 0) is 11.2 Å². The molecule has 0 saturated heterocycles. The van der Waals surface area contributed by atoms with E-state index in [4.69, 9.17) is 0 Å². The third-order valence-corrected chi connectivity index (χ3v) is 4.60. The second kappa shape index (κ2) is 3.68. The van der Waals surface area contributed by atoms with Crippen LogP contribution >= 0.6 is 0 Å². The quantitative estimate of drug-likeness (QED) is 0.677. The van der Waals surface area contributed by atoms with Crippen LogP contribution in [0.5, 0.6) is 0 Å². The lowest BCUT2D eigenvalue weighted by molar-refractivity contribution is -0.121. The number of benzene rings is 1. The lowest BCUT2D eigenvalue weighted by Gasteiger charge is -2.23. The van der Waals surface area contributed by atoms with E-state index in [1.165, 1.54) is 16.7 Å². The standard InChI is InChI=1S/C17H18O/c1-11(2)17(3)10-15-13-7-5-4-6-12(13)8-9-14(15)16(17)18/h4-7H,1,8-10H2,2-3H3/t17-/m0/s1. The maximum atomic E-state index is 12.6. The second-order valence-corrected chi connectivity index (χ2v) is 5.73. The minimum absolute atomic E-state index is 0.305. The molecule has 0 aliphatic heterocycles. The Bertz CT molecular complexity index is 591. The van der Waals surface area contributed by atoms with Gasteiger partial charge < -0.3 is 0 Å². The molecule has 0 saturated carbocycles. The minimum atomic E-state index is -0.373. The molecule has 0 fully saturated rings. The third-order valence-electron chi connectivity index (χ3n) is 4.60. The van der Waals surface area contributed by atoms with Gasteiger partial charge in [0.2, 0.25) is 0 Å². The van der Waals surface area contributed by atoms with Crippen LogP contribution in [0.4, 0.5) is 0 Å². The van der Waals surface area contributed by atoms with Crippen LogP contribution < -0.4 is 0 Å². The van der Waals surface area contributed by atoms with Crippen LogP contribution in [0.25, 0.3) is 5.57 Å². The zero-order valence-electron chi connectivity index (χ0n) is 11.0. The molecule has 1 heteroatoms. The van der Waals surface area contributed by atoms with Gasteiger partial charge in [-0.15, -0.1) is 0 Å². The highest BCUT2D eigenvalue weighted by Gasteiger charge is 2.45. The zero-order valence-corrected chi connectivity index (χ0v) is 11.0. The van der Waals surface area contributed by atoms with Crippen LogP contribution in [0.3, 0.4) is 0 Å². The molecule has 2 aliphatic carbocycles.